The Morgan fingerprint density at radius 1 is 0.778 bits per heavy atom. The molecule has 0 atom stereocenters. The number of phenolic OH excluding ortho intramolecular Hbond substituents is 3. The molecule has 7 heteroatoms. The van der Waals surface area contributed by atoms with Crippen LogP contribution in [0.3, 0.4) is 0 Å². The van der Waals surface area contributed by atoms with Crippen LogP contribution >= 0.6 is 0 Å². The SMILES string of the molecule is COc1ccc(C(=O)c2ccccc2)c(O)c1.O=c1cc(-c2ccccc2)oc2cc(O)cc(O)c12. The molecule has 0 aliphatic rings. The summed E-state index contributed by atoms with van der Waals surface area (Å²) < 4.78 is 10.5. The van der Waals surface area contributed by atoms with Gasteiger partial charge in [-0.25, -0.2) is 0 Å². The van der Waals surface area contributed by atoms with Gasteiger partial charge in [0.2, 0.25) is 0 Å². The minimum absolute atomic E-state index is 0.0671. The second-order valence-corrected chi connectivity index (χ2v) is 7.76. The fourth-order valence-corrected chi connectivity index (χ4v) is 3.57. The zero-order valence-corrected chi connectivity index (χ0v) is 19.2. The Labute approximate surface area is 206 Å². The first-order valence-corrected chi connectivity index (χ1v) is 10.9. The third kappa shape index (κ3) is 5.20. The lowest BCUT2D eigenvalue weighted by molar-refractivity contribution is 0.103. The number of benzene rings is 4. The molecule has 0 saturated carbocycles. The van der Waals surface area contributed by atoms with Crippen LogP contribution in [0.15, 0.2) is 106 Å². The zero-order chi connectivity index (χ0) is 25.7. The average Bonchev–Trinajstić information content (AvgIpc) is 2.89. The second-order valence-electron chi connectivity index (χ2n) is 7.76. The Bertz CT molecular complexity index is 1570. The van der Waals surface area contributed by atoms with E-state index >= 15 is 0 Å². The molecule has 0 aliphatic heterocycles. The monoisotopic (exact) mass is 482 g/mol. The van der Waals surface area contributed by atoms with Gasteiger partial charge in [-0.2, -0.15) is 0 Å². The molecule has 0 radical (unpaired) electrons. The molecule has 0 saturated heterocycles. The molecular weight excluding hydrogens is 460 g/mol. The normalized spacial score (nSPS) is 10.4. The number of aromatic hydroxyl groups is 3. The first-order chi connectivity index (χ1) is 17.4. The third-order valence-corrected chi connectivity index (χ3v) is 5.34. The molecule has 1 heterocycles. The van der Waals surface area contributed by atoms with Crippen molar-refractivity contribution in [3.63, 3.8) is 0 Å². The van der Waals surface area contributed by atoms with E-state index in [0.29, 0.717) is 17.1 Å². The predicted octanol–water partition coefficient (Wildman–Crippen LogP) is 5.50. The van der Waals surface area contributed by atoms with E-state index in [9.17, 15) is 24.9 Å². The third-order valence-electron chi connectivity index (χ3n) is 5.34. The summed E-state index contributed by atoms with van der Waals surface area (Å²) in [5.74, 6) is 0.195. The molecule has 180 valence electrons. The number of ether oxygens (including phenoxy) is 1. The average molecular weight is 482 g/mol. The number of ketones is 1. The minimum Gasteiger partial charge on any atom is -0.508 e. The molecule has 5 aromatic rings. The number of phenols is 3. The van der Waals surface area contributed by atoms with E-state index in [0.717, 1.165) is 11.6 Å². The molecule has 0 aliphatic carbocycles. The molecule has 5 rings (SSSR count). The summed E-state index contributed by atoms with van der Waals surface area (Å²) in [5, 5.41) is 28.9. The van der Waals surface area contributed by atoms with Gasteiger partial charge in [0.1, 0.15) is 39.7 Å². The summed E-state index contributed by atoms with van der Waals surface area (Å²) in [6.07, 6.45) is 0. The van der Waals surface area contributed by atoms with Gasteiger partial charge < -0.3 is 24.5 Å². The molecule has 0 spiro atoms. The van der Waals surface area contributed by atoms with Gasteiger partial charge in [-0.15, -0.1) is 0 Å². The molecular formula is C29H22O7. The van der Waals surface area contributed by atoms with Gasteiger partial charge in [-0.1, -0.05) is 60.7 Å². The van der Waals surface area contributed by atoms with Crippen LogP contribution in [0.5, 0.6) is 23.0 Å². The van der Waals surface area contributed by atoms with Crippen LogP contribution in [0, 0.1) is 0 Å². The largest absolute Gasteiger partial charge is 0.508 e. The smallest absolute Gasteiger partial charge is 0.197 e. The summed E-state index contributed by atoms with van der Waals surface area (Å²) in [7, 11) is 1.51. The standard InChI is InChI=1S/C15H10O4.C14H12O3/c16-10-6-11(17)15-12(18)8-13(19-14(15)7-10)9-4-2-1-3-5-9;1-17-11-7-8-12(13(15)9-11)14(16)10-5-3-2-4-6-10/h1-8,16-17H;2-9,15H,1H3. The van der Waals surface area contributed by atoms with E-state index < -0.39 is 0 Å². The highest BCUT2D eigenvalue weighted by Crippen LogP contribution is 2.30. The highest BCUT2D eigenvalue weighted by molar-refractivity contribution is 6.10. The van der Waals surface area contributed by atoms with E-state index in [2.05, 4.69) is 0 Å². The van der Waals surface area contributed by atoms with E-state index in [1.807, 2.05) is 36.4 Å². The maximum Gasteiger partial charge on any atom is 0.197 e. The highest BCUT2D eigenvalue weighted by atomic mass is 16.5. The lowest BCUT2D eigenvalue weighted by Crippen LogP contribution is -2.01. The zero-order valence-electron chi connectivity index (χ0n) is 19.2. The lowest BCUT2D eigenvalue weighted by atomic mass is 10.0. The fourth-order valence-electron chi connectivity index (χ4n) is 3.57. The van der Waals surface area contributed by atoms with Crippen LogP contribution in [-0.4, -0.2) is 28.2 Å². The summed E-state index contributed by atoms with van der Waals surface area (Å²) in [6, 6.07) is 26.4. The minimum atomic E-state index is -0.349. The topological polar surface area (TPSA) is 117 Å². The van der Waals surface area contributed by atoms with Gasteiger partial charge in [-0.05, 0) is 12.1 Å². The first kappa shape index (κ1) is 24.1. The Morgan fingerprint density at radius 3 is 2.08 bits per heavy atom. The molecule has 0 amide bonds. The Morgan fingerprint density at radius 2 is 1.44 bits per heavy atom. The summed E-state index contributed by atoms with van der Waals surface area (Å²) >= 11 is 0. The van der Waals surface area contributed by atoms with Crippen LogP contribution in [0.1, 0.15) is 15.9 Å². The quantitative estimate of drug-likeness (QED) is 0.289. The lowest BCUT2D eigenvalue weighted by Gasteiger charge is -2.06. The van der Waals surface area contributed by atoms with Gasteiger partial charge >= 0.3 is 0 Å². The number of hydrogen-bond acceptors (Lipinski definition) is 7. The van der Waals surface area contributed by atoms with Crippen molar-refractivity contribution in [2.75, 3.05) is 7.11 Å². The van der Waals surface area contributed by atoms with Crippen molar-refractivity contribution in [2.45, 2.75) is 0 Å². The van der Waals surface area contributed by atoms with E-state index in [4.69, 9.17) is 9.15 Å². The van der Waals surface area contributed by atoms with Gasteiger partial charge in [0.25, 0.3) is 0 Å². The Balaban J connectivity index is 0.000000170. The van der Waals surface area contributed by atoms with Crippen molar-refractivity contribution < 1.29 is 29.3 Å². The molecule has 36 heavy (non-hydrogen) atoms. The number of methoxy groups -OCH3 is 1. The molecule has 0 unspecified atom stereocenters. The Hall–Kier alpha value is -5.04. The van der Waals surface area contributed by atoms with Crippen LogP contribution < -0.4 is 10.2 Å². The number of fused-ring (bicyclic) bond motifs is 1. The maximum atomic E-state index is 12.1. The van der Waals surface area contributed by atoms with Crippen LogP contribution in [0.25, 0.3) is 22.3 Å². The van der Waals surface area contributed by atoms with Gasteiger partial charge in [0, 0.05) is 35.4 Å². The van der Waals surface area contributed by atoms with Crippen molar-refractivity contribution in [1.82, 2.24) is 0 Å². The molecule has 7 nitrogen and oxygen atoms in total. The summed E-state index contributed by atoms with van der Waals surface area (Å²) in [6.45, 7) is 0. The number of carbonyl (C=O) groups excluding carboxylic acids is 1. The number of rotatable bonds is 4. The van der Waals surface area contributed by atoms with Gasteiger partial charge in [0.15, 0.2) is 11.2 Å². The molecule has 3 N–H and O–H groups in total. The summed E-state index contributed by atoms with van der Waals surface area (Å²) in [4.78, 5) is 24.1. The van der Waals surface area contributed by atoms with Crippen molar-refractivity contribution in [2.24, 2.45) is 0 Å². The van der Waals surface area contributed by atoms with Crippen LogP contribution in [0.4, 0.5) is 0 Å². The Kier molecular flexibility index (Phi) is 7.02. The van der Waals surface area contributed by atoms with Gasteiger partial charge in [-0.3, -0.25) is 9.59 Å². The van der Waals surface area contributed by atoms with Crippen molar-refractivity contribution in [3.05, 3.63) is 118 Å². The summed E-state index contributed by atoms with van der Waals surface area (Å²) in [5.41, 5.74) is 1.38. The van der Waals surface area contributed by atoms with E-state index in [1.54, 1.807) is 36.4 Å². The van der Waals surface area contributed by atoms with Crippen molar-refractivity contribution in [1.29, 1.82) is 0 Å². The number of hydrogen-bond donors (Lipinski definition) is 3. The fraction of sp³-hybridized carbons (Fsp3) is 0.0345. The van der Waals surface area contributed by atoms with Crippen molar-refractivity contribution >= 4 is 16.8 Å². The van der Waals surface area contributed by atoms with E-state index in [-0.39, 0.29) is 45.0 Å². The molecule has 1 aromatic heterocycles. The van der Waals surface area contributed by atoms with Crippen LogP contribution in [0.2, 0.25) is 0 Å². The number of carbonyl (C=O) groups is 1. The van der Waals surface area contributed by atoms with E-state index in [1.165, 1.54) is 25.3 Å². The van der Waals surface area contributed by atoms with Crippen LogP contribution in [-0.2, 0) is 0 Å². The molecule has 4 aromatic carbocycles. The first-order valence-electron chi connectivity index (χ1n) is 10.9. The van der Waals surface area contributed by atoms with Crippen molar-refractivity contribution in [3.8, 4) is 34.3 Å². The molecule has 0 fully saturated rings. The molecule has 0 bridgehead atoms. The van der Waals surface area contributed by atoms with Gasteiger partial charge in [0.05, 0.1) is 12.7 Å². The maximum absolute atomic E-state index is 12.1. The highest BCUT2D eigenvalue weighted by Gasteiger charge is 2.14. The second kappa shape index (κ2) is 10.5. The predicted molar refractivity (Wildman–Crippen MR) is 136 cm³/mol.